The fourth-order valence-electron chi connectivity index (χ4n) is 3.83. The fraction of sp³-hybridized carbons (Fsp3) is 0.250. The second-order valence-corrected chi connectivity index (χ2v) is 10.4. The van der Waals surface area contributed by atoms with Crippen LogP contribution in [-0.2, 0) is 20.7 Å². The van der Waals surface area contributed by atoms with Crippen LogP contribution in [0.5, 0.6) is 5.75 Å². The van der Waals surface area contributed by atoms with Crippen LogP contribution in [0.3, 0.4) is 0 Å². The molecule has 8 heteroatoms. The molecule has 1 heterocycles. The van der Waals surface area contributed by atoms with Gasteiger partial charge in [-0.05, 0) is 49.7 Å². The van der Waals surface area contributed by atoms with Gasteiger partial charge in [0.2, 0.25) is 0 Å². The normalized spacial score (nSPS) is 11.6. The molecular weight excluding hydrogens is 500 g/mol. The van der Waals surface area contributed by atoms with Gasteiger partial charge in [0.15, 0.2) is 5.78 Å². The highest BCUT2D eigenvalue weighted by Crippen LogP contribution is 2.32. The molecule has 4 aromatic rings. The highest BCUT2D eigenvalue weighted by molar-refractivity contribution is 7.86. The topological polar surface area (TPSA) is 82.8 Å². The van der Waals surface area contributed by atoms with E-state index >= 15 is 0 Å². The maximum Gasteiger partial charge on any atom is 0.297 e. The van der Waals surface area contributed by atoms with Gasteiger partial charge in [-0.15, -0.1) is 0 Å². The number of hydrogen-bond acceptors (Lipinski definition) is 6. The third-order valence-electron chi connectivity index (χ3n) is 5.74. The second-order valence-electron chi connectivity index (χ2n) is 8.41. The number of furan rings is 1. The third-order valence-corrected chi connectivity index (χ3v) is 7.36. The van der Waals surface area contributed by atoms with Gasteiger partial charge in [-0.25, -0.2) is 0 Å². The number of ether oxygens (including phenoxy) is 1. The third kappa shape index (κ3) is 5.81. The first kappa shape index (κ1) is 25.9. The number of carbonyl (C=O) groups is 1. The number of para-hydroxylation sites is 1. The van der Waals surface area contributed by atoms with Crippen molar-refractivity contribution >= 4 is 38.5 Å². The van der Waals surface area contributed by atoms with Gasteiger partial charge in [-0.2, -0.15) is 8.42 Å². The van der Waals surface area contributed by atoms with Gasteiger partial charge in [0, 0.05) is 17.4 Å². The van der Waals surface area contributed by atoms with Crippen LogP contribution in [0.2, 0.25) is 5.02 Å². The lowest BCUT2D eigenvalue weighted by atomic mass is 9.98. The molecule has 1 aromatic heterocycles. The van der Waals surface area contributed by atoms with Crippen LogP contribution >= 0.6 is 11.6 Å². The minimum atomic E-state index is -3.88. The Kier molecular flexibility index (Phi) is 8.14. The zero-order valence-electron chi connectivity index (χ0n) is 20.1. The SMILES string of the molecule is CCCCc1oc2ccccc2c1C(=O)c1ccc(OCCOS(=O)(=O)c2ccc(C)cc2)c(Cl)c1. The molecule has 0 aliphatic heterocycles. The average molecular weight is 527 g/mol. The maximum absolute atomic E-state index is 13.4. The Balaban J connectivity index is 1.44. The summed E-state index contributed by atoms with van der Waals surface area (Å²) in [6.07, 6.45) is 2.57. The lowest BCUT2D eigenvalue weighted by molar-refractivity contribution is 0.103. The Morgan fingerprint density at radius 3 is 2.47 bits per heavy atom. The van der Waals surface area contributed by atoms with Crippen molar-refractivity contribution in [2.24, 2.45) is 0 Å². The average Bonchev–Trinajstić information content (AvgIpc) is 3.24. The number of halogens is 1. The Hall–Kier alpha value is -3.13. The minimum absolute atomic E-state index is 0.0361. The zero-order chi connectivity index (χ0) is 25.7. The zero-order valence-corrected chi connectivity index (χ0v) is 21.7. The standard InChI is InChI=1S/C28H27ClO6S/c1-3-4-8-26-27(22-7-5-6-9-24(22)35-26)28(30)20-12-15-25(23(29)18-20)33-16-17-34-36(31,32)21-13-10-19(2)11-14-21/h5-7,9-15,18H,3-4,8,16-17H2,1-2H3. The summed E-state index contributed by atoms with van der Waals surface area (Å²) < 4.78 is 41.2. The van der Waals surface area contributed by atoms with Crippen molar-refractivity contribution in [3.05, 3.63) is 94.2 Å². The first-order valence-corrected chi connectivity index (χ1v) is 13.5. The number of carbonyl (C=O) groups excluding carboxylic acids is 1. The molecule has 188 valence electrons. The first-order chi connectivity index (χ1) is 17.3. The summed E-state index contributed by atoms with van der Waals surface area (Å²) in [5.41, 5.74) is 2.60. The highest BCUT2D eigenvalue weighted by atomic mass is 35.5. The van der Waals surface area contributed by atoms with Crippen molar-refractivity contribution in [3.8, 4) is 5.75 Å². The number of unbranched alkanes of at least 4 members (excludes halogenated alkanes) is 1. The van der Waals surface area contributed by atoms with Crippen molar-refractivity contribution < 1.29 is 26.5 Å². The molecule has 0 amide bonds. The number of benzene rings is 3. The Labute approximate surface area is 215 Å². The summed E-state index contributed by atoms with van der Waals surface area (Å²) >= 11 is 6.40. The molecule has 0 unspecified atom stereocenters. The number of ketones is 1. The molecule has 0 saturated heterocycles. The van der Waals surface area contributed by atoms with Crippen LogP contribution < -0.4 is 4.74 Å². The van der Waals surface area contributed by atoms with E-state index in [0.717, 1.165) is 23.8 Å². The monoisotopic (exact) mass is 526 g/mol. The van der Waals surface area contributed by atoms with Gasteiger partial charge in [-0.1, -0.05) is 60.8 Å². The number of rotatable bonds is 11. The van der Waals surface area contributed by atoms with Crippen LogP contribution in [-0.4, -0.2) is 27.4 Å². The van der Waals surface area contributed by atoms with E-state index in [1.54, 1.807) is 30.3 Å². The number of aryl methyl sites for hydroxylation is 2. The smallest absolute Gasteiger partial charge is 0.297 e. The molecule has 6 nitrogen and oxygen atoms in total. The van der Waals surface area contributed by atoms with E-state index in [9.17, 15) is 13.2 Å². The molecule has 4 rings (SSSR count). The molecular formula is C28H27ClO6S. The van der Waals surface area contributed by atoms with Crippen molar-refractivity contribution in [1.29, 1.82) is 0 Å². The van der Waals surface area contributed by atoms with Crippen LogP contribution in [0.15, 0.2) is 76.0 Å². The molecule has 36 heavy (non-hydrogen) atoms. The van der Waals surface area contributed by atoms with E-state index in [0.29, 0.717) is 34.6 Å². The molecule has 0 aliphatic carbocycles. The largest absolute Gasteiger partial charge is 0.490 e. The van der Waals surface area contributed by atoms with Crippen molar-refractivity contribution in [2.75, 3.05) is 13.2 Å². The predicted molar refractivity (Wildman–Crippen MR) is 140 cm³/mol. The Bertz CT molecular complexity index is 1470. The highest BCUT2D eigenvalue weighted by Gasteiger charge is 2.22. The molecule has 0 spiro atoms. The van der Waals surface area contributed by atoms with E-state index in [-0.39, 0.29) is 28.9 Å². The van der Waals surface area contributed by atoms with Crippen LogP contribution in [0.4, 0.5) is 0 Å². The van der Waals surface area contributed by atoms with Crippen molar-refractivity contribution in [1.82, 2.24) is 0 Å². The van der Waals surface area contributed by atoms with Crippen LogP contribution in [0, 0.1) is 6.92 Å². The molecule has 3 aromatic carbocycles. The minimum Gasteiger partial charge on any atom is -0.490 e. The molecule has 0 aliphatic rings. The van der Waals surface area contributed by atoms with E-state index in [4.69, 9.17) is 24.9 Å². The lowest BCUT2D eigenvalue weighted by Crippen LogP contribution is -2.13. The van der Waals surface area contributed by atoms with Gasteiger partial charge in [-0.3, -0.25) is 8.98 Å². The van der Waals surface area contributed by atoms with Gasteiger partial charge in [0.1, 0.15) is 30.3 Å². The quantitative estimate of drug-likeness (QED) is 0.122. The molecule has 0 radical (unpaired) electrons. The van der Waals surface area contributed by atoms with Crippen molar-refractivity contribution in [2.45, 2.75) is 38.0 Å². The second kappa shape index (κ2) is 11.3. The molecule has 0 fully saturated rings. The summed E-state index contributed by atoms with van der Waals surface area (Å²) in [5, 5.41) is 1.02. The summed E-state index contributed by atoms with van der Waals surface area (Å²) in [6.45, 7) is 3.74. The molecule has 0 atom stereocenters. The molecule has 0 bridgehead atoms. The summed E-state index contributed by atoms with van der Waals surface area (Å²) in [4.78, 5) is 13.5. The Morgan fingerprint density at radius 2 is 1.75 bits per heavy atom. The summed E-state index contributed by atoms with van der Waals surface area (Å²) in [5.74, 6) is 0.825. The Morgan fingerprint density at radius 1 is 1.00 bits per heavy atom. The summed E-state index contributed by atoms with van der Waals surface area (Å²) in [7, 11) is -3.88. The summed E-state index contributed by atoms with van der Waals surface area (Å²) in [6, 6.07) is 18.7. The van der Waals surface area contributed by atoms with Crippen LogP contribution in [0.1, 0.15) is 47.0 Å². The van der Waals surface area contributed by atoms with E-state index in [2.05, 4.69) is 6.92 Å². The fourth-order valence-corrected chi connectivity index (χ4v) is 4.96. The van der Waals surface area contributed by atoms with E-state index in [1.165, 1.54) is 12.1 Å². The van der Waals surface area contributed by atoms with Gasteiger partial charge in [0.05, 0.1) is 15.5 Å². The predicted octanol–water partition coefficient (Wildman–Crippen LogP) is 6.75. The van der Waals surface area contributed by atoms with Crippen molar-refractivity contribution in [3.63, 3.8) is 0 Å². The van der Waals surface area contributed by atoms with E-state index < -0.39 is 10.1 Å². The van der Waals surface area contributed by atoms with E-state index in [1.807, 2.05) is 31.2 Å². The van der Waals surface area contributed by atoms with Crippen LogP contribution in [0.25, 0.3) is 11.0 Å². The van der Waals surface area contributed by atoms with Gasteiger partial charge >= 0.3 is 0 Å². The molecule has 0 N–H and O–H groups in total. The first-order valence-electron chi connectivity index (χ1n) is 11.7. The lowest BCUT2D eigenvalue weighted by Gasteiger charge is -2.10. The number of fused-ring (bicyclic) bond motifs is 1. The van der Waals surface area contributed by atoms with Gasteiger partial charge < -0.3 is 9.15 Å². The van der Waals surface area contributed by atoms with Gasteiger partial charge in [0.25, 0.3) is 10.1 Å². The maximum atomic E-state index is 13.4. The molecule has 0 saturated carbocycles. The number of hydrogen-bond donors (Lipinski definition) is 0.